The van der Waals surface area contributed by atoms with E-state index in [1.165, 1.54) is 4.90 Å². The van der Waals surface area contributed by atoms with Crippen molar-refractivity contribution in [2.24, 2.45) is 0 Å². The van der Waals surface area contributed by atoms with E-state index in [1.54, 1.807) is 24.3 Å². The first-order valence-corrected chi connectivity index (χ1v) is 7.82. The maximum atomic E-state index is 12.1. The highest BCUT2D eigenvalue weighted by atomic mass is 16.2. The summed E-state index contributed by atoms with van der Waals surface area (Å²) in [6, 6.07) is 6.94. The van der Waals surface area contributed by atoms with Gasteiger partial charge in [-0.3, -0.25) is 14.5 Å². The third kappa shape index (κ3) is 3.68. The van der Waals surface area contributed by atoms with E-state index in [-0.39, 0.29) is 30.9 Å². The zero-order valence-corrected chi connectivity index (χ0v) is 12.8. The molecule has 4 amide bonds. The van der Waals surface area contributed by atoms with E-state index in [0.717, 1.165) is 24.9 Å². The van der Waals surface area contributed by atoms with Crippen LogP contribution in [-0.2, 0) is 11.3 Å². The summed E-state index contributed by atoms with van der Waals surface area (Å²) in [6.45, 7) is 1.91. The van der Waals surface area contributed by atoms with Crippen LogP contribution >= 0.6 is 0 Å². The summed E-state index contributed by atoms with van der Waals surface area (Å²) in [6.07, 6.45) is 2.24. The highest BCUT2D eigenvalue weighted by molar-refractivity contribution is 6.01. The molecular weight excluding hydrogens is 296 g/mol. The number of nitrogens with one attached hydrogen (secondary N) is 3. The van der Waals surface area contributed by atoms with E-state index in [9.17, 15) is 14.4 Å². The molecule has 1 atom stereocenters. The van der Waals surface area contributed by atoms with Crippen LogP contribution in [0.15, 0.2) is 24.3 Å². The minimum Gasteiger partial charge on any atom is -0.350 e. The van der Waals surface area contributed by atoms with E-state index < -0.39 is 0 Å². The average Bonchev–Trinajstić information content (AvgIpc) is 3.18. The molecular formula is C16H20N4O3. The fourth-order valence-corrected chi connectivity index (χ4v) is 2.81. The Hall–Kier alpha value is -2.41. The lowest BCUT2D eigenvalue weighted by molar-refractivity contribution is -0.125. The van der Waals surface area contributed by atoms with E-state index >= 15 is 0 Å². The molecule has 2 heterocycles. The molecule has 1 aromatic carbocycles. The van der Waals surface area contributed by atoms with Gasteiger partial charge >= 0.3 is 6.03 Å². The van der Waals surface area contributed by atoms with Crippen LogP contribution < -0.4 is 16.0 Å². The zero-order valence-electron chi connectivity index (χ0n) is 12.8. The van der Waals surface area contributed by atoms with Gasteiger partial charge in [-0.05, 0) is 37.1 Å². The van der Waals surface area contributed by atoms with Gasteiger partial charge in [0.25, 0.3) is 5.91 Å². The summed E-state index contributed by atoms with van der Waals surface area (Å²) in [5, 5.41) is 8.73. The fraction of sp³-hybridized carbons (Fsp3) is 0.438. The van der Waals surface area contributed by atoms with Crippen LogP contribution in [0.5, 0.6) is 0 Å². The van der Waals surface area contributed by atoms with Crippen LogP contribution in [0.25, 0.3) is 0 Å². The number of carbonyl (C=O) groups excluding carboxylic acids is 3. The monoisotopic (exact) mass is 316 g/mol. The van der Waals surface area contributed by atoms with Crippen molar-refractivity contribution >= 4 is 17.8 Å². The van der Waals surface area contributed by atoms with Crippen LogP contribution in [0.3, 0.4) is 0 Å². The van der Waals surface area contributed by atoms with Gasteiger partial charge in [-0.25, -0.2) is 4.79 Å². The van der Waals surface area contributed by atoms with Crippen molar-refractivity contribution in [3.05, 3.63) is 35.4 Å². The Balaban J connectivity index is 1.54. The average molecular weight is 316 g/mol. The lowest BCUT2D eigenvalue weighted by Crippen LogP contribution is -2.37. The van der Waals surface area contributed by atoms with E-state index in [2.05, 4.69) is 16.0 Å². The number of rotatable bonds is 5. The predicted molar refractivity (Wildman–Crippen MR) is 83.7 cm³/mol. The first-order valence-electron chi connectivity index (χ1n) is 7.82. The lowest BCUT2D eigenvalue weighted by Gasteiger charge is -2.13. The molecule has 0 spiro atoms. The highest BCUT2D eigenvalue weighted by Gasteiger charge is 2.28. The lowest BCUT2D eigenvalue weighted by atomic mass is 10.1. The third-order valence-electron chi connectivity index (χ3n) is 4.17. The van der Waals surface area contributed by atoms with Gasteiger partial charge in [0, 0.05) is 18.2 Å². The molecule has 2 aliphatic rings. The molecule has 1 unspecified atom stereocenters. The zero-order chi connectivity index (χ0) is 16.2. The van der Waals surface area contributed by atoms with Crippen molar-refractivity contribution in [3.8, 4) is 0 Å². The van der Waals surface area contributed by atoms with Crippen molar-refractivity contribution in [1.82, 2.24) is 20.9 Å². The molecule has 7 heteroatoms. The van der Waals surface area contributed by atoms with Crippen molar-refractivity contribution in [1.29, 1.82) is 0 Å². The number of imide groups is 1. The van der Waals surface area contributed by atoms with Gasteiger partial charge in [0.1, 0.15) is 0 Å². The van der Waals surface area contributed by atoms with Gasteiger partial charge < -0.3 is 16.0 Å². The van der Waals surface area contributed by atoms with Gasteiger partial charge in [-0.2, -0.15) is 0 Å². The molecule has 0 aromatic heterocycles. The minimum absolute atomic E-state index is 0.0501. The maximum Gasteiger partial charge on any atom is 0.324 e. The topological polar surface area (TPSA) is 90.5 Å². The number of amides is 4. The van der Waals surface area contributed by atoms with Gasteiger partial charge in [-0.15, -0.1) is 0 Å². The first-order chi connectivity index (χ1) is 11.1. The van der Waals surface area contributed by atoms with Gasteiger partial charge in [0.15, 0.2) is 0 Å². The summed E-state index contributed by atoms with van der Waals surface area (Å²) >= 11 is 0. The standard InChI is InChI=1S/C16H20N4O3/c21-14-9-19-16(23)20(14)10-11-3-5-12(6-4-11)15(22)18-8-13-2-1-7-17-13/h3-6,13,17H,1-2,7-10H2,(H,18,22)(H,19,23). The number of carbonyl (C=O) groups is 3. The summed E-state index contributed by atoms with van der Waals surface area (Å²) in [5.74, 6) is -0.346. The summed E-state index contributed by atoms with van der Waals surface area (Å²) in [4.78, 5) is 36.3. The smallest absolute Gasteiger partial charge is 0.324 e. The molecule has 0 bridgehead atoms. The quantitative estimate of drug-likeness (QED) is 0.678. The molecule has 0 radical (unpaired) electrons. The van der Waals surface area contributed by atoms with Crippen LogP contribution in [0.2, 0.25) is 0 Å². The summed E-state index contributed by atoms with van der Waals surface area (Å²) in [5.41, 5.74) is 1.38. The number of benzene rings is 1. The number of hydrogen-bond acceptors (Lipinski definition) is 4. The Kier molecular flexibility index (Phi) is 4.57. The molecule has 2 saturated heterocycles. The van der Waals surface area contributed by atoms with Gasteiger partial charge in [0.05, 0.1) is 13.1 Å². The van der Waals surface area contributed by atoms with Crippen molar-refractivity contribution in [2.45, 2.75) is 25.4 Å². The Morgan fingerprint density at radius 2 is 2.04 bits per heavy atom. The van der Waals surface area contributed by atoms with Crippen LogP contribution in [0, 0.1) is 0 Å². The first kappa shape index (κ1) is 15.5. The maximum absolute atomic E-state index is 12.1. The summed E-state index contributed by atoms with van der Waals surface area (Å²) in [7, 11) is 0. The predicted octanol–water partition coefficient (Wildman–Crippen LogP) is 0.220. The summed E-state index contributed by atoms with van der Waals surface area (Å²) < 4.78 is 0. The molecule has 3 N–H and O–H groups in total. The second-order valence-electron chi connectivity index (χ2n) is 5.84. The normalized spacial score (nSPS) is 20.7. The molecule has 0 aliphatic carbocycles. The molecule has 3 rings (SSSR count). The Bertz CT molecular complexity index is 592. The minimum atomic E-state index is -0.374. The van der Waals surface area contributed by atoms with Crippen LogP contribution in [0.4, 0.5) is 4.79 Å². The third-order valence-corrected chi connectivity index (χ3v) is 4.17. The Labute approximate surface area is 134 Å². The van der Waals surface area contributed by atoms with Crippen molar-refractivity contribution in [2.75, 3.05) is 19.6 Å². The molecule has 0 saturated carbocycles. The van der Waals surface area contributed by atoms with Crippen LogP contribution in [0.1, 0.15) is 28.8 Å². The van der Waals surface area contributed by atoms with Crippen LogP contribution in [-0.4, -0.2) is 48.4 Å². The second kappa shape index (κ2) is 6.78. The van der Waals surface area contributed by atoms with Crippen molar-refractivity contribution < 1.29 is 14.4 Å². The van der Waals surface area contributed by atoms with Gasteiger partial charge in [0.2, 0.25) is 5.91 Å². The largest absolute Gasteiger partial charge is 0.350 e. The van der Waals surface area contributed by atoms with E-state index in [4.69, 9.17) is 0 Å². The molecule has 122 valence electrons. The van der Waals surface area contributed by atoms with E-state index in [0.29, 0.717) is 18.2 Å². The Morgan fingerprint density at radius 1 is 1.26 bits per heavy atom. The molecule has 7 nitrogen and oxygen atoms in total. The fourth-order valence-electron chi connectivity index (χ4n) is 2.81. The highest BCUT2D eigenvalue weighted by Crippen LogP contribution is 2.11. The molecule has 2 fully saturated rings. The number of nitrogens with zero attached hydrogens (tertiary/aromatic N) is 1. The SMILES string of the molecule is O=C(NCC1CCCN1)c1ccc(CN2C(=O)CNC2=O)cc1. The van der Waals surface area contributed by atoms with Gasteiger partial charge in [-0.1, -0.05) is 12.1 Å². The molecule has 2 aliphatic heterocycles. The number of hydrogen-bond donors (Lipinski definition) is 3. The van der Waals surface area contributed by atoms with E-state index in [1.807, 2.05) is 0 Å². The second-order valence-corrected chi connectivity index (χ2v) is 5.84. The Morgan fingerprint density at radius 3 is 2.65 bits per heavy atom. The molecule has 1 aromatic rings. The van der Waals surface area contributed by atoms with Crippen molar-refractivity contribution in [3.63, 3.8) is 0 Å². The molecule has 23 heavy (non-hydrogen) atoms. The number of urea groups is 1.